The van der Waals surface area contributed by atoms with Gasteiger partial charge in [-0.25, -0.2) is 0 Å². The SMILES string of the molecule is C[SiH](C)C[SiH](C)C.C[SiH](C)O[SiH](C)C.C[SiH](C)O[SiH](C)C.C[SiH](C)c1ccc([SiH](C)C)cc1.C[SiH]1O[SiH](C)O[SiH](C)O[SiH](C)O1. The van der Waals surface area contributed by atoms with Crippen molar-refractivity contribution in [2.75, 3.05) is 0 Å². The predicted molar refractivity (Wildman–Crippen MR) is 240 cm³/mol. The van der Waals surface area contributed by atoms with Gasteiger partial charge in [0.25, 0.3) is 37.1 Å². The molecule has 0 bridgehead atoms. The average molecular weight is 836 g/mol. The van der Waals surface area contributed by atoms with Crippen LogP contribution < -0.4 is 10.4 Å². The molecule has 1 aromatic carbocycles. The first kappa shape index (κ1) is 51.0. The normalized spacial score (nSPS) is 20.2. The first-order chi connectivity index (χ1) is 20.6. The summed E-state index contributed by atoms with van der Waals surface area (Å²) < 4.78 is 33.7. The lowest BCUT2D eigenvalue weighted by Crippen LogP contribution is -2.44. The van der Waals surface area contributed by atoms with Gasteiger partial charge in [-0.2, -0.15) is 0 Å². The van der Waals surface area contributed by atoms with Crippen molar-refractivity contribution in [3.63, 3.8) is 0 Å². The fourth-order valence-electron chi connectivity index (χ4n) is 4.51. The second-order valence-corrected chi connectivity index (χ2v) is 47.2. The molecule has 45 heavy (non-hydrogen) atoms. The molecule has 0 aliphatic carbocycles. The van der Waals surface area contributed by atoms with E-state index in [9.17, 15) is 0 Å². The van der Waals surface area contributed by atoms with E-state index in [-0.39, 0.29) is 17.6 Å². The lowest BCUT2D eigenvalue weighted by Gasteiger charge is -2.28. The minimum atomic E-state index is -1.42. The quantitative estimate of drug-likeness (QED) is 0.370. The molecule has 270 valence electrons. The molecule has 18 heteroatoms. The Morgan fingerprint density at radius 2 is 0.622 bits per heavy atom. The average Bonchev–Trinajstić information content (AvgIpc) is 2.81. The highest BCUT2D eigenvalue weighted by Crippen LogP contribution is 2.06. The number of benzene rings is 1. The van der Waals surface area contributed by atoms with E-state index >= 15 is 0 Å². The highest BCUT2D eigenvalue weighted by Gasteiger charge is 2.25. The standard InChI is InChI=1S/C10H18Si2.C5H16Si2.C4H16O4Si4.2C4H14OSi2/c1-11(2)9-5-7-10(8-6-9)12(3)4;1-6(2)5-7(3)4;1-9-5-10(2)7-12(4)8-11(3)6-9;2*1-6(2)5-7(3)4/h5-8,11-12H,1-4H3;6-7H,5H2,1-4H3;9-12H,1-4H3;2*6-7H,1-4H3. The van der Waals surface area contributed by atoms with Crippen LogP contribution in [0.3, 0.4) is 0 Å². The van der Waals surface area contributed by atoms with Gasteiger partial charge in [0.2, 0.25) is 0 Å². The number of hydrogen-bond acceptors (Lipinski definition) is 6. The van der Waals surface area contributed by atoms with E-state index in [2.05, 4.69) is 129 Å². The molecule has 1 aromatic rings. The van der Waals surface area contributed by atoms with E-state index in [1.54, 1.807) is 16.0 Å². The van der Waals surface area contributed by atoms with Gasteiger partial charge in [-0.15, -0.1) is 0 Å². The smallest absolute Gasteiger partial charge is 0.300 e. The summed E-state index contributed by atoms with van der Waals surface area (Å²) in [5.41, 5.74) is 1.64. The minimum Gasteiger partial charge on any atom is -0.461 e. The lowest BCUT2D eigenvalue weighted by molar-refractivity contribution is 0.295. The van der Waals surface area contributed by atoms with Crippen LogP contribution in [-0.2, 0) is 24.7 Å². The third-order valence-electron chi connectivity index (χ3n) is 5.83. The van der Waals surface area contributed by atoms with Crippen LogP contribution in [0.5, 0.6) is 0 Å². The van der Waals surface area contributed by atoms with Crippen molar-refractivity contribution < 1.29 is 24.7 Å². The number of hydrogen-bond donors (Lipinski definition) is 0. The van der Waals surface area contributed by atoms with E-state index in [1.807, 2.05) is 26.2 Å². The van der Waals surface area contributed by atoms with E-state index in [0.717, 1.165) is 0 Å². The minimum absolute atomic E-state index is 0.167. The topological polar surface area (TPSA) is 55.4 Å². The summed E-state index contributed by atoms with van der Waals surface area (Å²) in [7, 11) is -9.79. The molecule has 0 N–H and O–H groups in total. The molecule has 2 rings (SSSR count). The fraction of sp³-hybridized carbons (Fsp3) is 0.778. The second-order valence-electron chi connectivity index (χ2n) is 14.3. The zero-order valence-corrected chi connectivity index (χ0v) is 47.3. The van der Waals surface area contributed by atoms with Crippen LogP contribution in [-0.4, -0.2) is 108 Å². The van der Waals surface area contributed by atoms with Crippen molar-refractivity contribution in [2.24, 2.45) is 0 Å². The summed E-state index contributed by atoms with van der Waals surface area (Å²) in [6.45, 7) is 45.1. The van der Waals surface area contributed by atoms with Gasteiger partial charge in [-0.3, -0.25) is 0 Å². The van der Waals surface area contributed by atoms with Crippen molar-refractivity contribution >= 4 is 119 Å². The van der Waals surface area contributed by atoms with Gasteiger partial charge in [-0.05, 0) is 78.6 Å². The molecule has 1 aliphatic rings. The molecule has 1 heterocycles. The van der Waals surface area contributed by atoms with Gasteiger partial charge in [-0.1, -0.05) is 92.7 Å². The van der Waals surface area contributed by atoms with E-state index in [1.165, 1.54) is 0 Å². The Morgan fingerprint density at radius 3 is 0.711 bits per heavy atom. The highest BCUT2D eigenvalue weighted by atomic mass is 28.5. The first-order valence-corrected chi connectivity index (χ1v) is 49.1. The maximum Gasteiger partial charge on any atom is 0.300 e. The lowest BCUT2D eigenvalue weighted by atomic mass is 10.4. The molecular formula is C27H78O6Si12. The molecule has 1 fully saturated rings. The summed E-state index contributed by atoms with van der Waals surface area (Å²) in [6, 6.07) is 9.33. The molecule has 1 saturated heterocycles. The Bertz CT molecular complexity index is 672. The second kappa shape index (κ2) is 30.4. The molecule has 0 amide bonds. The van der Waals surface area contributed by atoms with Crippen molar-refractivity contribution in [1.82, 2.24) is 0 Å². The van der Waals surface area contributed by atoms with E-state index in [0.29, 0.717) is 0 Å². The molecule has 1 aliphatic heterocycles. The molecule has 0 radical (unpaired) electrons. The summed E-state index contributed by atoms with van der Waals surface area (Å²) in [4.78, 5) is 0. The Balaban J connectivity index is -0.000000504. The zero-order chi connectivity index (χ0) is 35.9. The third-order valence-corrected chi connectivity index (χ3v) is 37.8. The predicted octanol–water partition coefficient (Wildman–Crippen LogP) is 3.98. The molecule has 0 spiro atoms. The van der Waals surface area contributed by atoms with Crippen LogP contribution in [0.4, 0.5) is 0 Å². The van der Waals surface area contributed by atoms with Gasteiger partial charge in [0.05, 0.1) is 17.6 Å². The van der Waals surface area contributed by atoms with Gasteiger partial charge >= 0.3 is 0 Å². The van der Waals surface area contributed by atoms with Crippen LogP contribution >= 0.6 is 0 Å². The summed E-state index contributed by atoms with van der Waals surface area (Å²) in [5, 5.41) is 3.18. The van der Waals surface area contributed by atoms with Crippen LogP contribution in [0.25, 0.3) is 0 Å². The van der Waals surface area contributed by atoms with Crippen molar-refractivity contribution in [2.45, 2.75) is 137 Å². The van der Waals surface area contributed by atoms with Crippen molar-refractivity contribution in [3.8, 4) is 0 Å². The maximum atomic E-state index is 5.65. The van der Waals surface area contributed by atoms with E-state index < -0.39 is 90.9 Å². The van der Waals surface area contributed by atoms with Gasteiger partial charge in [0.15, 0.2) is 36.2 Å². The van der Waals surface area contributed by atoms with Crippen LogP contribution in [0, 0.1) is 0 Å². The molecular weight excluding hydrogens is 757 g/mol. The van der Waals surface area contributed by atoms with Crippen LogP contribution in [0.2, 0.25) is 137 Å². The first-order valence-electron chi connectivity index (χ1n) is 17.6. The third kappa shape index (κ3) is 38.2. The van der Waals surface area contributed by atoms with Gasteiger partial charge in [0, 0.05) is 17.6 Å². The van der Waals surface area contributed by atoms with Gasteiger partial charge in [0.1, 0.15) is 0 Å². The number of rotatable bonds is 8. The summed E-state index contributed by atoms with van der Waals surface area (Å²) in [6.07, 6.45) is 0. The van der Waals surface area contributed by atoms with Crippen molar-refractivity contribution in [3.05, 3.63) is 24.3 Å². The Labute approximate surface area is 302 Å². The molecule has 6 nitrogen and oxygen atoms in total. The maximum absolute atomic E-state index is 5.65. The molecule has 0 atom stereocenters. The summed E-state index contributed by atoms with van der Waals surface area (Å²) >= 11 is 0. The molecule has 0 saturated carbocycles. The zero-order valence-electron chi connectivity index (χ0n) is 33.4. The highest BCUT2D eigenvalue weighted by molar-refractivity contribution is 6.75. The van der Waals surface area contributed by atoms with Gasteiger partial charge < -0.3 is 24.7 Å². The fourth-order valence-corrected chi connectivity index (χ4v) is 34.7. The molecule has 0 unspecified atom stereocenters. The Morgan fingerprint density at radius 1 is 0.422 bits per heavy atom. The monoisotopic (exact) mass is 834 g/mol. The Kier molecular flexibility index (Phi) is 34.4. The summed E-state index contributed by atoms with van der Waals surface area (Å²) in [5.74, 6) is 0. The van der Waals surface area contributed by atoms with Crippen molar-refractivity contribution in [1.29, 1.82) is 0 Å². The van der Waals surface area contributed by atoms with Crippen LogP contribution in [0.15, 0.2) is 24.3 Å². The Hall–Kier alpha value is 1.58. The van der Waals surface area contributed by atoms with Crippen LogP contribution in [0.1, 0.15) is 0 Å². The van der Waals surface area contributed by atoms with E-state index in [4.69, 9.17) is 24.7 Å². The largest absolute Gasteiger partial charge is 0.461 e. The molecule has 0 aromatic heterocycles.